The van der Waals surface area contributed by atoms with Crippen molar-refractivity contribution >= 4 is 21.6 Å². The molecule has 0 aliphatic rings. The Bertz CT molecular complexity index is 582. The van der Waals surface area contributed by atoms with Crippen LogP contribution in [0.3, 0.4) is 0 Å². The van der Waals surface area contributed by atoms with Crippen molar-refractivity contribution in [1.82, 2.24) is 4.31 Å². The van der Waals surface area contributed by atoms with E-state index < -0.39 is 21.8 Å². The molecule has 0 aliphatic heterocycles. The van der Waals surface area contributed by atoms with Gasteiger partial charge in [-0.25, -0.2) is 8.42 Å². The van der Waals surface area contributed by atoms with Gasteiger partial charge in [0.2, 0.25) is 10.0 Å². The van der Waals surface area contributed by atoms with Gasteiger partial charge in [0.25, 0.3) is 0 Å². The van der Waals surface area contributed by atoms with E-state index in [-0.39, 0.29) is 29.4 Å². The van der Waals surface area contributed by atoms with Gasteiger partial charge in [0.05, 0.1) is 10.5 Å². The van der Waals surface area contributed by atoms with E-state index in [9.17, 15) is 21.6 Å². The van der Waals surface area contributed by atoms with Crippen LogP contribution in [0.15, 0.2) is 23.1 Å². The summed E-state index contributed by atoms with van der Waals surface area (Å²) >= 11 is 5.58. The minimum atomic E-state index is -4.59. The number of hydrogen-bond donors (Lipinski definition) is 0. The zero-order valence-corrected chi connectivity index (χ0v) is 13.3. The average molecular weight is 344 g/mol. The number of halogens is 4. The Balaban J connectivity index is 3.38. The molecule has 0 amide bonds. The largest absolute Gasteiger partial charge is 0.416 e. The summed E-state index contributed by atoms with van der Waals surface area (Å²) in [6.45, 7) is 3.23. The van der Waals surface area contributed by atoms with Gasteiger partial charge in [-0.1, -0.05) is 13.0 Å². The fraction of sp³-hybridized carbons (Fsp3) is 0.538. The third-order valence-electron chi connectivity index (χ3n) is 3.01. The summed E-state index contributed by atoms with van der Waals surface area (Å²) in [5.74, 6) is 0.0806. The number of benzene rings is 1. The maximum absolute atomic E-state index is 12.9. The molecule has 0 unspecified atom stereocenters. The lowest BCUT2D eigenvalue weighted by Crippen LogP contribution is -2.34. The molecule has 0 atom stereocenters. The van der Waals surface area contributed by atoms with E-state index in [1.54, 1.807) is 6.92 Å². The molecular formula is C13H17ClF3NO2S. The van der Waals surface area contributed by atoms with Crippen molar-refractivity contribution in [2.75, 3.05) is 19.0 Å². The zero-order chi connectivity index (χ0) is 16.3. The van der Waals surface area contributed by atoms with Crippen molar-refractivity contribution in [3.63, 3.8) is 0 Å². The SMILES string of the molecule is CCCN(CCCl)S(=O)(=O)c1cccc(C(F)(F)F)c1C. The van der Waals surface area contributed by atoms with Crippen molar-refractivity contribution in [3.05, 3.63) is 29.3 Å². The van der Waals surface area contributed by atoms with Gasteiger partial charge in [-0.15, -0.1) is 11.6 Å². The highest BCUT2D eigenvalue weighted by molar-refractivity contribution is 7.89. The average Bonchev–Trinajstić information content (AvgIpc) is 2.37. The quantitative estimate of drug-likeness (QED) is 0.739. The van der Waals surface area contributed by atoms with Crippen LogP contribution in [0.5, 0.6) is 0 Å². The Morgan fingerprint density at radius 2 is 1.86 bits per heavy atom. The molecule has 120 valence electrons. The third-order valence-corrected chi connectivity index (χ3v) is 5.23. The molecule has 21 heavy (non-hydrogen) atoms. The highest BCUT2D eigenvalue weighted by Gasteiger charge is 2.35. The number of hydrogen-bond acceptors (Lipinski definition) is 2. The Kier molecular flexibility index (Phi) is 6.07. The normalized spacial score (nSPS) is 12.9. The van der Waals surface area contributed by atoms with E-state index in [1.807, 2.05) is 0 Å². The molecule has 0 saturated carbocycles. The molecule has 0 spiro atoms. The summed E-state index contributed by atoms with van der Waals surface area (Å²) in [5.41, 5.74) is -1.23. The van der Waals surface area contributed by atoms with Gasteiger partial charge < -0.3 is 0 Å². The molecule has 0 saturated heterocycles. The van der Waals surface area contributed by atoms with Crippen LogP contribution in [-0.4, -0.2) is 31.7 Å². The first-order valence-corrected chi connectivity index (χ1v) is 8.36. The molecule has 0 radical (unpaired) electrons. The van der Waals surface area contributed by atoms with Gasteiger partial charge in [-0.2, -0.15) is 17.5 Å². The second-order valence-electron chi connectivity index (χ2n) is 4.52. The molecule has 0 aromatic heterocycles. The van der Waals surface area contributed by atoms with E-state index in [2.05, 4.69) is 0 Å². The second-order valence-corrected chi connectivity index (χ2v) is 6.80. The molecular weight excluding hydrogens is 327 g/mol. The summed E-state index contributed by atoms with van der Waals surface area (Å²) in [4.78, 5) is -0.323. The van der Waals surface area contributed by atoms with E-state index in [1.165, 1.54) is 13.0 Å². The Hall–Kier alpha value is -0.790. The maximum Gasteiger partial charge on any atom is 0.416 e. The van der Waals surface area contributed by atoms with E-state index in [0.717, 1.165) is 16.4 Å². The Morgan fingerprint density at radius 3 is 2.33 bits per heavy atom. The fourth-order valence-corrected chi connectivity index (χ4v) is 4.12. The lowest BCUT2D eigenvalue weighted by Gasteiger charge is -2.22. The van der Waals surface area contributed by atoms with Crippen molar-refractivity contribution in [3.8, 4) is 0 Å². The number of rotatable bonds is 6. The van der Waals surface area contributed by atoms with Crippen LogP contribution in [0.25, 0.3) is 0 Å². The van der Waals surface area contributed by atoms with Crippen LogP contribution in [0.4, 0.5) is 13.2 Å². The van der Waals surface area contributed by atoms with E-state index in [4.69, 9.17) is 11.6 Å². The van der Waals surface area contributed by atoms with Crippen LogP contribution < -0.4 is 0 Å². The maximum atomic E-state index is 12.9. The first kappa shape index (κ1) is 18.3. The van der Waals surface area contributed by atoms with Crippen molar-refractivity contribution in [2.45, 2.75) is 31.3 Å². The van der Waals surface area contributed by atoms with Crippen molar-refractivity contribution in [1.29, 1.82) is 0 Å². The molecule has 0 heterocycles. The number of alkyl halides is 4. The zero-order valence-electron chi connectivity index (χ0n) is 11.7. The predicted octanol–water partition coefficient (Wildman–Crippen LogP) is 3.65. The fourth-order valence-electron chi connectivity index (χ4n) is 2.04. The topological polar surface area (TPSA) is 37.4 Å². The van der Waals surface area contributed by atoms with Gasteiger partial charge in [0.1, 0.15) is 0 Å². The standard InChI is InChI=1S/C13H17ClF3NO2S/c1-3-8-18(9-7-14)21(19,20)12-6-4-5-11(10(12)2)13(15,16)17/h4-6H,3,7-9H2,1-2H3. The van der Waals surface area contributed by atoms with Crippen LogP contribution in [0.1, 0.15) is 24.5 Å². The molecule has 0 fully saturated rings. The molecule has 1 aromatic rings. The lowest BCUT2D eigenvalue weighted by molar-refractivity contribution is -0.138. The van der Waals surface area contributed by atoms with Gasteiger partial charge >= 0.3 is 6.18 Å². The third kappa shape index (κ3) is 4.11. The molecule has 0 bridgehead atoms. The molecule has 8 heteroatoms. The van der Waals surface area contributed by atoms with Crippen LogP contribution >= 0.6 is 11.6 Å². The van der Waals surface area contributed by atoms with Crippen molar-refractivity contribution < 1.29 is 21.6 Å². The Labute approximate surface area is 127 Å². The van der Waals surface area contributed by atoms with Gasteiger partial charge in [0.15, 0.2) is 0 Å². The number of nitrogens with zero attached hydrogens (tertiary/aromatic N) is 1. The predicted molar refractivity (Wildman–Crippen MR) is 76.0 cm³/mol. The highest BCUT2D eigenvalue weighted by Crippen LogP contribution is 2.34. The first-order valence-electron chi connectivity index (χ1n) is 6.39. The van der Waals surface area contributed by atoms with Gasteiger partial charge in [-0.05, 0) is 31.0 Å². The summed E-state index contributed by atoms with van der Waals surface area (Å²) in [6, 6.07) is 3.17. The van der Waals surface area contributed by atoms with Gasteiger partial charge in [0, 0.05) is 19.0 Å². The summed E-state index contributed by atoms with van der Waals surface area (Å²) in [5, 5.41) is 0. The highest BCUT2D eigenvalue weighted by atomic mass is 35.5. The second kappa shape index (κ2) is 6.98. The molecule has 3 nitrogen and oxygen atoms in total. The van der Waals surface area contributed by atoms with E-state index in [0.29, 0.717) is 6.42 Å². The number of sulfonamides is 1. The van der Waals surface area contributed by atoms with E-state index >= 15 is 0 Å². The smallest absolute Gasteiger partial charge is 0.207 e. The summed E-state index contributed by atoms with van der Waals surface area (Å²) in [7, 11) is -3.99. The summed E-state index contributed by atoms with van der Waals surface area (Å²) in [6.07, 6.45) is -4.04. The van der Waals surface area contributed by atoms with Crippen LogP contribution in [-0.2, 0) is 16.2 Å². The van der Waals surface area contributed by atoms with Crippen LogP contribution in [0.2, 0.25) is 0 Å². The monoisotopic (exact) mass is 343 g/mol. The minimum absolute atomic E-state index is 0.0629. The van der Waals surface area contributed by atoms with Crippen molar-refractivity contribution in [2.24, 2.45) is 0 Å². The molecule has 0 aliphatic carbocycles. The molecule has 1 aromatic carbocycles. The minimum Gasteiger partial charge on any atom is -0.207 e. The molecule has 0 N–H and O–H groups in total. The summed E-state index contributed by atoms with van der Waals surface area (Å²) < 4.78 is 64.8. The lowest BCUT2D eigenvalue weighted by atomic mass is 10.1. The van der Waals surface area contributed by atoms with Gasteiger partial charge in [-0.3, -0.25) is 0 Å². The first-order chi connectivity index (χ1) is 9.66. The van der Waals surface area contributed by atoms with Crippen LogP contribution in [0, 0.1) is 6.92 Å². The Morgan fingerprint density at radius 1 is 1.24 bits per heavy atom. The molecule has 1 rings (SSSR count).